The van der Waals surface area contributed by atoms with Crippen LogP contribution in [0.3, 0.4) is 0 Å². The molecule has 3 rings (SSSR count). The highest BCUT2D eigenvalue weighted by molar-refractivity contribution is 5.94. The van der Waals surface area contributed by atoms with E-state index < -0.39 is 29.9 Å². The Hall–Kier alpha value is -1.83. The van der Waals surface area contributed by atoms with Crippen LogP contribution >= 0.6 is 0 Å². The highest BCUT2D eigenvalue weighted by Gasteiger charge is 2.37. The molecule has 1 aliphatic heterocycles. The van der Waals surface area contributed by atoms with Crippen LogP contribution in [0.15, 0.2) is 29.8 Å². The third kappa shape index (κ3) is 3.33. The first-order valence-corrected chi connectivity index (χ1v) is 7.83. The molecule has 1 aromatic carbocycles. The molecule has 5 nitrogen and oxygen atoms in total. The standard InChI is InChI=1S/C17H19F2NO4/c18-12-2-1-9(4-13(12)19)3-10-7-20(8-10)17(24)11-5-14(21)16(23)15(22)6-11/h1-2,4-5,10,14-16,21-23H,3,6-8H2/t14-,15-,16-/m1/s1. The van der Waals surface area contributed by atoms with Crippen molar-refractivity contribution < 1.29 is 28.9 Å². The number of nitrogens with zero attached hydrogens (tertiary/aromatic N) is 1. The minimum Gasteiger partial charge on any atom is -0.390 e. The lowest BCUT2D eigenvalue weighted by molar-refractivity contribution is -0.134. The average molecular weight is 339 g/mol. The van der Waals surface area contributed by atoms with Crippen molar-refractivity contribution in [2.24, 2.45) is 5.92 Å². The van der Waals surface area contributed by atoms with Crippen LogP contribution in [0.1, 0.15) is 12.0 Å². The number of aliphatic hydroxyl groups excluding tert-OH is 3. The van der Waals surface area contributed by atoms with E-state index in [1.165, 1.54) is 12.1 Å². The number of likely N-dealkylation sites (tertiary alicyclic amines) is 1. The number of halogens is 2. The molecule has 0 bridgehead atoms. The number of benzene rings is 1. The zero-order valence-corrected chi connectivity index (χ0v) is 12.9. The van der Waals surface area contributed by atoms with Crippen molar-refractivity contribution in [3.63, 3.8) is 0 Å². The molecule has 0 aromatic heterocycles. The Balaban J connectivity index is 1.55. The van der Waals surface area contributed by atoms with Gasteiger partial charge in [-0.1, -0.05) is 6.07 Å². The van der Waals surface area contributed by atoms with Gasteiger partial charge in [0.2, 0.25) is 5.91 Å². The second-order valence-electron chi connectivity index (χ2n) is 6.47. The van der Waals surface area contributed by atoms with Crippen LogP contribution in [0.2, 0.25) is 0 Å². The zero-order chi connectivity index (χ0) is 17.4. The molecule has 7 heteroatoms. The van der Waals surface area contributed by atoms with Crippen LogP contribution in [0.25, 0.3) is 0 Å². The van der Waals surface area contributed by atoms with Gasteiger partial charge in [-0.15, -0.1) is 0 Å². The predicted molar refractivity (Wildman–Crippen MR) is 80.9 cm³/mol. The normalized spacial score (nSPS) is 27.6. The number of carbonyl (C=O) groups excluding carboxylic acids is 1. The smallest absolute Gasteiger partial charge is 0.249 e. The van der Waals surface area contributed by atoms with Gasteiger partial charge in [-0.3, -0.25) is 4.79 Å². The maximum Gasteiger partial charge on any atom is 0.249 e. The molecule has 3 atom stereocenters. The van der Waals surface area contributed by atoms with E-state index in [2.05, 4.69) is 0 Å². The average Bonchev–Trinajstić information content (AvgIpc) is 2.50. The molecule has 130 valence electrons. The molecule has 24 heavy (non-hydrogen) atoms. The van der Waals surface area contributed by atoms with Crippen LogP contribution in [0.4, 0.5) is 8.78 Å². The fraction of sp³-hybridized carbons (Fsp3) is 0.471. The van der Waals surface area contributed by atoms with Gasteiger partial charge in [0.25, 0.3) is 0 Å². The van der Waals surface area contributed by atoms with Gasteiger partial charge in [0, 0.05) is 25.1 Å². The van der Waals surface area contributed by atoms with Crippen LogP contribution in [-0.4, -0.2) is 57.5 Å². The van der Waals surface area contributed by atoms with Gasteiger partial charge in [-0.25, -0.2) is 8.78 Å². The van der Waals surface area contributed by atoms with E-state index in [9.17, 15) is 28.9 Å². The molecular weight excluding hydrogens is 320 g/mol. The van der Waals surface area contributed by atoms with E-state index in [0.717, 1.165) is 12.1 Å². The Morgan fingerprint density at radius 1 is 1.17 bits per heavy atom. The minimum absolute atomic E-state index is 0.00139. The highest BCUT2D eigenvalue weighted by Crippen LogP contribution is 2.27. The van der Waals surface area contributed by atoms with Gasteiger partial charge in [0.15, 0.2) is 11.6 Å². The molecule has 0 saturated carbocycles. The molecular formula is C17H19F2NO4. The van der Waals surface area contributed by atoms with E-state index in [0.29, 0.717) is 25.1 Å². The molecule has 0 radical (unpaired) electrons. The molecule has 1 fully saturated rings. The molecule has 1 heterocycles. The Morgan fingerprint density at radius 3 is 2.50 bits per heavy atom. The number of hydrogen-bond donors (Lipinski definition) is 3. The molecule has 1 aliphatic carbocycles. The lowest BCUT2D eigenvalue weighted by Crippen LogP contribution is -2.52. The number of hydrogen-bond acceptors (Lipinski definition) is 4. The summed E-state index contributed by atoms with van der Waals surface area (Å²) >= 11 is 0. The monoisotopic (exact) mass is 339 g/mol. The number of carbonyl (C=O) groups is 1. The summed E-state index contributed by atoms with van der Waals surface area (Å²) in [5.41, 5.74) is 0.962. The van der Waals surface area contributed by atoms with Crippen molar-refractivity contribution in [3.8, 4) is 0 Å². The third-order valence-corrected chi connectivity index (χ3v) is 4.57. The molecule has 2 aliphatic rings. The van der Waals surface area contributed by atoms with Crippen molar-refractivity contribution in [1.29, 1.82) is 0 Å². The molecule has 0 spiro atoms. The predicted octanol–water partition coefficient (Wildman–Crippen LogP) is 0.378. The molecule has 3 N–H and O–H groups in total. The second kappa shape index (κ2) is 6.58. The van der Waals surface area contributed by atoms with Crippen LogP contribution < -0.4 is 0 Å². The minimum atomic E-state index is -1.28. The highest BCUT2D eigenvalue weighted by atomic mass is 19.2. The maximum absolute atomic E-state index is 13.2. The number of aliphatic hydroxyl groups is 3. The lowest BCUT2D eigenvalue weighted by Gasteiger charge is -2.41. The number of rotatable bonds is 3. The maximum atomic E-state index is 13.2. The fourth-order valence-corrected chi connectivity index (χ4v) is 3.17. The summed E-state index contributed by atoms with van der Waals surface area (Å²) in [5.74, 6) is -1.88. The summed E-state index contributed by atoms with van der Waals surface area (Å²) in [5, 5.41) is 28.7. The van der Waals surface area contributed by atoms with E-state index in [1.54, 1.807) is 4.90 Å². The second-order valence-corrected chi connectivity index (χ2v) is 6.47. The Labute approximate surface area is 137 Å². The summed E-state index contributed by atoms with van der Waals surface area (Å²) in [7, 11) is 0. The summed E-state index contributed by atoms with van der Waals surface area (Å²) in [6, 6.07) is 3.78. The first kappa shape index (κ1) is 17.0. The molecule has 1 amide bonds. The third-order valence-electron chi connectivity index (χ3n) is 4.57. The first-order valence-electron chi connectivity index (χ1n) is 7.83. The van der Waals surface area contributed by atoms with Gasteiger partial charge in [0.05, 0.1) is 6.10 Å². The van der Waals surface area contributed by atoms with Crippen molar-refractivity contribution in [3.05, 3.63) is 47.0 Å². The van der Waals surface area contributed by atoms with E-state index in [-0.39, 0.29) is 23.8 Å². The van der Waals surface area contributed by atoms with Crippen molar-refractivity contribution in [1.82, 2.24) is 4.90 Å². The van der Waals surface area contributed by atoms with Crippen molar-refractivity contribution in [2.45, 2.75) is 31.2 Å². The first-order chi connectivity index (χ1) is 11.3. The van der Waals surface area contributed by atoms with Gasteiger partial charge in [0.1, 0.15) is 12.2 Å². The topological polar surface area (TPSA) is 81.0 Å². The van der Waals surface area contributed by atoms with Crippen molar-refractivity contribution >= 4 is 5.91 Å². The van der Waals surface area contributed by atoms with Crippen LogP contribution in [0, 0.1) is 17.6 Å². The van der Waals surface area contributed by atoms with Gasteiger partial charge < -0.3 is 20.2 Å². The van der Waals surface area contributed by atoms with E-state index in [1.807, 2.05) is 0 Å². The van der Waals surface area contributed by atoms with Crippen LogP contribution in [0.5, 0.6) is 0 Å². The SMILES string of the molecule is O=C(C1=C[C@@H](O)[C@@H](O)[C@H](O)C1)N1CC(Cc2ccc(F)c(F)c2)C1. The van der Waals surface area contributed by atoms with Gasteiger partial charge in [-0.2, -0.15) is 0 Å². The van der Waals surface area contributed by atoms with E-state index in [4.69, 9.17) is 0 Å². The summed E-state index contributed by atoms with van der Waals surface area (Å²) in [6.45, 7) is 0.952. The van der Waals surface area contributed by atoms with Crippen LogP contribution in [-0.2, 0) is 11.2 Å². The molecule has 0 unspecified atom stereocenters. The fourth-order valence-electron chi connectivity index (χ4n) is 3.17. The molecule has 1 aromatic rings. The Morgan fingerprint density at radius 2 is 1.88 bits per heavy atom. The summed E-state index contributed by atoms with van der Waals surface area (Å²) < 4.78 is 26.1. The lowest BCUT2D eigenvalue weighted by atomic mass is 9.88. The van der Waals surface area contributed by atoms with Crippen molar-refractivity contribution in [2.75, 3.05) is 13.1 Å². The van der Waals surface area contributed by atoms with E-state index >= 15 is 0 Å². The summed E-state index contributed by atoms with van der Waals surface area (Å²) in [4.78, 5) is 13.9. The number of amides is 1. The quantitative estimate of drug-likeness (QED) is 0.744. The van der Waals surface area contributed by atoms with Gasteiger partial charge in [-0.05, 0) is 36.1 Å². The summed E-state index contributed by atoms with van der Waals surface area (Å²) in [6.07, 6.45) is -1.87. The zero-order valence-electron chi connectivity index (χ0n) is 12.9. The molecule has 1 saturated heterocycles. The van der Waals surface area contributed by atoms with Gasteiger partial charge >= 0.3 is 0 Å². The Kier molecular flexibility index (Phi) is 4.67. The largest absolute Gasteiger partial charge is 0.390 e. The Bertz CT molecular complexity index is 673.